The van der Waals surface area contributed by atoms with Crippen molar-refractivity contribution in [3.63, 3.8) is 0 Å². The summed E-state index contributed by atoms with van der Waals surface area (Å²) in [6.45, 7) is -0.387. The predicted molar refractivity (Wildman–Crippen MR) is 71.8 cm³/mol. The number of carbonyl (C=O) groups is 2. The third-order valence-corrected chi connectivity index (χ3v) is 3.94. The first-order valence-corrected chi connectivity index (χ1v) is 6.81. The molecule has 1 aliphatic carbocycles. The molecule has 1 saturated carbocycles. The predicted octanol–water partition coefficient (Wildman–Crippen LogP) is 2.23. The zero-order valence-corrected chi connectivity index (χ0v) is 11.2. The highest BCUT2D eigenvalue weighted by atomic mass is 19.1. The van der Waals surface area contributed by atoms with Gasteiger partial charge in [0.15, 0.2) is 0 Å². The summed E-state index contributed by atoms with van der Waals surface area (Å²) in [5.41, 5.74) is 0.0444. The van der Waals surface area contributed by atoms with Gasteiger partial charge >= 0.3 is 5.97 Å². The maximum atomic E-state index is 13.1. The number of rotatable bonds is 4. The standard InChI is InChI=1S/C15H18FNO3/c16-12-6-4-11(5-7-12)15(8-2-1-3-9-15)14(20)17-10-13(18)19/h4-7H,1-3,8-10H2,(H,17,20)(H,18,19). The molecule has 1 aliphatic rings. The highest BCUT2D eigenvalue weighted by Crippen LogP contribution is 2.39. The van der Waals surface area contributed by atoms with Crippen LogP contribution in [0.25, 0.3) is 0 Å². The summed E-state index contributed by atoms with van der Waals surface area (Å²) >= 11 is 0. The van der Waals surface area contributed by atoms with E-state index in [-0.39, 0.29) is 18.3 Å². The number of nitrogens with one attached hydrogen (secondary N) is 1. The molecule has 0 atom stereocenters. The summed E-state index contributed by atoms with van der Waals surface area (Å²) < 4.78 is 13.1. The fourth-order valence-electron chi connectivity index (χ4n) is 2.90. The molecule has 108 valence electrons. The van der Waals surface area contributed by atoms with Crippen LogP contribution < -0.4 is 5.32 Å². The minimum atomic E-state index is -1.07. The molecule has 0 saturated heterocycles. The lowest BCUT2D eigenvalue weighted by molar-refractivity contribution is -0.139. The van der Waals surface area contributed by atoms with Gasteiger partial charge in [-0.05, 0) is 30.5 Å². The van der Waals surface area contributed by atoms with Crippen molar-refractivity contribution >= 4 is 11.9 Å². The van der Waals surface area contributed by atoms with Crippen LogP contribution in [-0.2, 0) is 15.0 Å². The van der Waals surface area contributed by atoms with Crippen molar-refractivity contribution in [2.45, 2.75) is 37.5 Å². The first-order valence-electron chi connectivity index (χ1n) is 6.81. The van der Waals surface area contributed by atoms with Crippen molar-refractivity contribution in [2.24, 2.45) is 0 Å². The van der Waals surface area contributed by atoms with Crippen LogP contribution in [-0.4, -0.2) is 23.5 Å². The van der Waals surface area contributed by atoms with Gasteiger partial charge in [-0.15, -0.1) is 0 Å². The van der Waals surface area contributed by atoms with Crippen LogP contribution in [0, 0.1) is 5.82 Å². The van der Waals surface area contributed by atoms with Crippen LogP contribution in [0.2, 0.25) is 0 Å². The van der Waals surface area contributed by atoms with E-state index >= 15 is 0 Å². The van der Waals surface area contributed by atoms with Gasteiger partial charge in [0.25, 0.3) is 0 Å². The minimum absolute atomic E-state index is 0.272. The SMILES string of the molecule is O=C(O)CNC(=O)C1(c2ccc(F)cc2)CCCCC1. The molecule has 2 N–H and O–H groups in total. The maximum absolute atomic E-state index is 13.1. The summed E-state index contributed by atoms with van der Waals surface area (Å²) in [7, 11) is 0. The van der Waals surface area contributed by atoms with Crippen molar-refractivity contribution in [1.29, 1.82) is 0 Å². The van der Waals surface area contributed by atoms with Crippen LogP contribution in [0.1, 0.15) is 37.7 Å². The lowest BCUT2D eigenvalue weighted by Gasteiger charge is -2.36. The lowest BCUT2D eigenvalue weighted by atomic mass is 9.68. The van der Waals surface area contributed by atoms with Crippen LogP contribution in [0.5, 0.6) is 0 Å². The van der Waals surface area contributed by atoms with E-state index < -0.39 is 11.4 Å². The van der Waals surface area contributed by atoms with E-state index in [1.54, 1.807) is 12.1 Å². The Kier molecular flexibility index (Phi) is 4.37. The van der Waals surface area contributed by atoms with E-state index in [4.69, 9.17) is 5.11 Å². The first-order chi connectivity index (χ1) is 9.54. The molecule has 2 rings (SSSR count). The summed E-state index contributed by atoms with van der Waals surface area (Å²) in [6.07, 6.45) is 4.24. The molecule has 0 spiro atoms. The topological polar surface area (TPSA) is 66.4 Å². The Morgan fingerprint density at radius 2 is 1.75 bits per heavy atom. The van der Waals surface area contributed by atoms with Gasteiger partial charge in [0.2, 0.25) is 5.91 Å². The second kappa shape index (κ2) is 6.03. The zero-order valence-electron chi connectivity index (χ0n) is 11.2. The second-order valence-corrected chi connectivity index (χ2v) is 5.23. The molecule has 1 aromatic rings. The summed E-state index contributed by atoms with van der Waals surface area (Å²) in [4.78, 5) is 23.0. The Morgan fingerprint density at radius 3 is 2.30 bits per heavy atom. The molecule has 1 amide bonds. The minimum Gasteiger partial charge on any atom is -0.480 e. The smallest absolute Gasteiger partial charge is 0.322 e. The van der Waals surface area contributed by atoms with Gasteiger partial charge in [-0.3, -0.25) is 9.59 Å². The highest BCUT2D eigenvalue weighted by Gasteiger charge is 2.41. The molecule has 20 heavy (non-hydrogen) atoms. The van der Waals surface area contributed by atoms with Crippen molar-refractivity contribution in [3.8, 4) is 0 Å². The number of carbonyl (C=O) groups excluding carboxylic acids is 1. The Bertz CT molecular complexity index is 492. The average Bonchev–Trinajstić information content (AvgIpc) is 2.46. The monoisotopic (exact) mass is 279 g/mol. The average molecular weight is 279 g/mol. The molecule has 0 aliphatic heterocycles. The maximum Gasteiger partial charge on any atom is 0.322 e. The van der Waals surface area contributed by atoms with Gasteiger partial charge in [-0.1, -0.05) is 31.4 Å². The Hall–Kier alpha value is -1.91. The number of halogens is 1. The highest BCUT2D eigenvalue weighted by molar-refractivity contribution is 5.90. The van der Waals surface area contributed by atoms with E-state index in [0.717, 1.165) is 24.8 Å². The molecular weight excluding hydrogens is 261 g/mol. The molecule has 0 unspecified atom stereocenters. The van der Waals surface area contributed by atoms with E-state index in [1.165, 1.54) is 12.1 Å². The number of hydrogen-bond acceptors (Lipinski definition) is 2. The van der Waals surface area contributed by atoms with Gasteiger partial charge in [-0.25, -0.2) is 4.39 Å². The molecule has 4 nitrogen and oxygen atoms in total. The third-order valence-electron chi connectivity index (χ3n) is 3.94. The van der Waals surface area contributed by atoms with E-state index in [1.807, 2.05) is 0 Å². The molecule has 1 aromatic carbocycles. The molecule has 0 bridgehead atoms. The van der Waals surface area contributed by atoms with Crippen molar-refractivity contribution in [2.75, 3.05) is 6.54 Å². The van der Waals surface area contributed by atoms with Gasteiger partial charge in [0.1, 0.15) is 12.4 Å². The zero-order chi connectivity index (χ0) is 14.6. The number of aliphatic carboxylic acids is 1. The molecular formula is C15H18FNO3. The second-order valence-electron chi connectivity index (χ2n) is 5.23. The molecule has 1 fully saturated rings. The van der Waals surface area contributed by atoms with Crippen LogP contribution in [0.3, 0.4) is 0 Å². The van der Waals surface area contributed by atoms with Crippen molar-refractivity contribution < 1.29 is 19.1 Å². The van der Waals surface area contributed by atoms with Gasteiger partial charge in [0.05, 0.1) is 5.41 Å². The number of amides is 1. The Morgan fingerprint density at radius 1 is 1.15 bits per heavy atom. The lowest BCUT2D eigenvalue weighted by Crippen LogP contribution is -2.47. The number of carboxylic acid groups (broad SMARTS) is 1. The number of hydrogen-bond donors (Lipinski definition) is 2. The summed E-state index contributed by atoms with van der Waals surface area (Å²) in [5.74, 6) is -1.68. The molecule has 0 radical (unpaired) electrons. The van der Waals surface area contributed by atoms with Gasteiger partial charge in [-0.2, -0.15) is 0 Å². The van der Waals surface area contributed by atoms with Gasteiger partial charge < -0.3 is 10.4 Å². The van der Waals surface area contributed by atoms with Crippen LogP contribution in [0.4, 0.5) is 4.39 Å². The largest absolute Gasteiger partial charge is 0.480 e. The van der Waals surface area contributed by atoms with E-state index in [0.29, 0.717) is 12.8 Å². The fraction of sp³-hybridized carbons (Fsp3) is 0.467. The van der Waals surface area contributed by atoms with E-state index in [9.17, 15) is 14.0 Å². The van der Waals surface area contributed by atoms with Crippen molar-refractivity contribution in [3.05, 3.63) is 35.6 Å². The van der Waals surface area contributed by atoms with E-state index in [2.05, 4.69) is 5.32 Å². The van der Waals surface area contributed by atoms with Crippen molar-refractivity contribution in [1.82, 2.24) is 5.32 Å². The molecule has 5 heteroatoms. The fourth-order valence-corrected chi connectivity index (χ4v) is 2.90. The third kappa shape index (κ3) is 2.98. The summed E-state index contributed by atoms with van der Waals surface area (Å²) in [6, 6.07) is 5.94. The molecule has 0 heterocycles. The Balaban J connectivity index is 2.27. The first kappa shape index (κ1) is 14.5. The molecule has 0 aromatic heterocycles. The number of carboxylic acids is 1. The van der Waals surface area contributed by atoms with Crippen LogP contribution >= 0.6 is 0 Å². The summed E-state index contributed by atoms with van der Waals surface area (Å²) in [5, 5.41) is 11.2. The number of benzene rings is 1. The van der Waals surface area contributed by atoms with Gasteiger partial charge in [0, 0.05) is 0 Å². The Labute approximate surface area is 117 Å². The normalized spacial score (nSPS) is 17.4. The quantitative estimate of drug-likeness (QED) is 0.888. The van der Waals surface area contributed by atoms with Crippen LogP contribution in [0.15, 0.2) is 24.3 Å².